The zero-order valence-electron chi connectivity index (χ0n) is 10.9. The first-order chi connectivity index (χ1) is 8.44. The maximum atomic E-state index is 11.8. The summed E-state index contributed by atoms with van der Waals surface area (Å²) in [7, 11) is -0.783. The fourth-order valence-corrected chi connectivity index (χ4v) is 4.60. The van der Waals surface area contributed by atoms with E-state index in [0.717, 1.165) is 25.9 Å². The van der Waals surface area contributed by atoms with Crippen molar-refractivity contribution >= 4 is 15.7 Å². The third-order valence-corrected chi connectivity index (χ3v) is 5.72. The lowest BCUT2D eigenvalue weighted by atomic mass is 10.0. The van der Waals surface area contributed by atoms with Crippen LogP contribution >= 0.6 is 0 Å². The van der Waals surface area contributed by atoms with Gasteiger partial charge in [-0.2, -0.15) is 0 Å². The van der Waals surface area contributed by atoms with E-state index in [1.165, 1.54) is 0 Å². The second kappa shape index (κ2) is 5.57. The predicted molar refractivity (Wildman–Crippen MR) is 70.0 cm³/mol. The Hall–Kier alpha value is -0.620. The predicted octanol–water partition coefficient (Wildman–Crippen LogP) is 0.0216. The number of carbonyl (C=O) groups excluding carboxylic acids is 1. The molecular formula is C12H22N2O3S. The van der Waals surface area contributed by atoms with E-state index in [9.17, 15) is 13.2 Å². The van der Waals surface area contributed by atoms with E-state index in [1.54, 1.807) is 0 Å². The Morgan fingerprint density at radius 2 is 1.94 bits per heavy atom. The first-order valence-corrected chi connectivity index (χ1v) is 8.45. The number of likely N-dealkylation sites (tertiary alicyclic amines) is 1. The third-order valence-electron chi connectivity index (χ3n) is 3.88. The van der Waals surface area contributed by atoms with Crippen LogP contribution in [0.15, 0.2) is 0 Å². The lowest BCUT2D eigenvalue weighted by Crippen LogP contribution is -2.43. The van der Waals surface area contributed by atoms with Crippen LogP contribution in [0, 0.1) is 5.92 Å². The van der Waals surface area contributed by atoms with Gasteiger partial charge in [0.05, 0.1) is 11.5 Å². The maximum absolute atomic E-state index is 11.8. The average Bonchev–Trinajstić information content (AvgIpc) is 2.61. The molecule has 0 spiro atoms. The molecule has 0 aromatic heterocycles. The van der Waals surface area contributed by atoms with Gasteiger partial charge in [0.2, 0.25) is 5.91 Å². The van der Waals surface area contributed by atoms with Gasteiger partial charge >= 0.3 is 0 Å². The number of amides is 1. The Kier molecular flexibility index (Phi) is 4.27. The minimum Gasteiger partial charge on any atom is -0.353 e. The smallest absolute Gasteiger partial charge is 0.220 e. The number of nitrogens with one attached hydrogen (secondary N) is 1. The van der Waals surface area contributed by atoms with E-state index in [2.05, 4.69) is 17.3 Å². The second-order valence-electron chi connectivity index (χ2n) is 5.62. The fourth-order valence-electron chi connectivity index (χ4n) is 2.73. The Bertz CT molecular complexity index is 400. The monoisotopic (exact) mass is 274 g/mol. The molecule has 0 aromatic rings. The SMILES string of the molecule is CN1CCC(NC(=O)CC2CCS(=O)(=O)C2)CC1. The molecular weight excluding hydrogens is 252 g/mol. The van der Waals surface area contributed by atoms with Gasteiger partial charge in [0, 0.05) is 12.5 Å². The van der Waals surface area contributed by atoms with Crippen molar-refractivity contribution in [2.24, 2.45) is 5.92 Å². The van der Waals surface area contributed by atoms with Crippen LogP contribution in [-0.2, 0) is 14.6 Å². The maximum Gasteiger partial charge on any atom is 0.220 e. The van der Waals surface area contributed by atoms with Crippen molar-refractivity contribution in [1.29, 1.82) is 0 Å². The molecule has 2 saturated heterocycles. The molecule has 18 heavy (non-hydrogen) atoms. The Balaban J connectivity index is 1.73. The molecule has 2 aliphatic rings. The van der Waals surface area contributed by atoms with Gasteiger partial charge in [-0.25, -0.2) is 8.42 Å². The van der Waals surface area contributed by atoms with Crippen LogP contribution < -0.4 is 5.32 Å². The summed E-state index contributed by atoms with van der Waals surface area (Å²) in [5.41, 5.74) is 0. The molecule has 2 fully saturated rings. The van der Waals surface area contributed by atoms with Crippen LogP contribution in [0.1, 0.15) is 25.7 Å². The van der Waals surface area contributed by atoms with E-state index in [-0.39, 0.29) is 29.4 Å². The van der Waals surface area contributed by atoms with E-state index < -0.39 is 9.84 Å². The van der Waals surface area contributed by atoms with Crippen LogP contribution in [0.3, 0.4) is 0 Å². The molecule has 0 saturated carbocycles. The van der Waals surface area contributed by atoms with Crippen LogP contribution in [0.4, 0.5) is 0 Å². The summed E-state index contributed by atoms with van der Waals surface area (Å²) in [5.74, 6) is 0.486. The normalized spacial score (nSPS) is 29.3. The molecule has 1 atom stereocenters. The van der Waals surface area contributed by atoms with E-state index in [0.29, 0.717) is 12.8 Å². The van der Waals surface area contributed by atoms with Crippen molar-refractivity contribution in [3.63, 3.8) is 0 Å². The van der Waals surface area contributed by atoms with Gasteiger partial charge in [0.15, 0.2) is 9.84 Å². The number of piperidine rings is 1. The summed E-state index contributed by atoms with van der Waals surface area (Å²) in [5, 5.41) is 3.03. The number of sulfone groups is 1. The fraction of sp³-hybridized carbons (Fsp3) is 0.917. The van der Waals surface area contributed by atoms with Crippen molar-refractivity contribution in [1.82, 2.24) is 10.2 Å². The summed E-state index contributed by atoms with van der Waals surface area (Å²) in [6.45, 7) is 2.03. The summed E-state index contributed by atoms with van der Waals surface area (Å²) in [6, 6.07) is 0.270. The lowest BCUT2D eigenvalue weighted by molar-refractivity contribution is -0.122. The second-order valence-corrected chi connectivity index (χ2v) is 7.85. The molecule has 0 radical (unpaired) electrons. The number of hydrogen-bond acceptors (Lipinski definition) is 4. The van der Waals surface area contributed by atoms with Gasteiger partial charge in [-0.1, -0.05) is 0 Å². The highest BCUT2D eigenvalue weighted by atomic mass is 32.2. The minimum atomic E-state index is -2.87. The topological polar surface area (TPSA) is 66.5 Å². The van der Waals surface area contributed by atoms with Crippen molar-refractivity contribution in [3.8, 4) is 0 Å². The van der Waals surface area contributed by atoms with Gasteiger partial charge in [-0.15, -0.1) is 0 Å². The zero-order valence-corrected chi connectivity index (χ0v) is 11.7. The number of nitrogens with zero attached hydrogens (tertiary/aromatic N) is 1. The molecule has 0 aromatic carbocycles. The van der Waals surface area contributed by atoms with Crippen molar-refractivity contribution < 1.29 is 13.2 Å². The van der Waals surface area contributed by atoms with Crippen molar-refractivity contribution in [3.05, 3.63) is 0 Å². The standard InChI is InChI=1S/C12H22N2O3S/c1-14-5-2-11(3-6-14)13-12(15)8-10-4-7-18(16,17)9-10/h10-11H,2-9H2,1H3,(H,13,15). The summed E-state index contributed by atoms with van der Waals surface area (Å²) in [6.07, 6.45) is 2.99. The van der Waals surface area contributed by atoms with Gasteiger partial charge in [-0.05, 0) is 45.3 Å². The van der Waals surface area contributed by atoms with Gasteiger partial charge in [-0.3, -0.25) is 4.79 Å². The minimum absolute atomic E-state index is 0.0200. The summed E-state index contributed by atoms with van der Waals surface area (Å²) in [4.78, 5) is 14.1. The molecule has 0 bridgehead atoms. The number of rotatable bonds is 3. The Labute approximate surface area is 109 Å². The largest absolute Gasteiger partial charge is 0.353 e. The van der Waals surface area contributed by atoms with Crippen molar-refractivity contribution in [2.75, 3.05) is 31.6 Å². The lowest BCUT2D eigenvalue weighted by Gasteiger charge is -2.29. The molecule has 2 heterocycles. The van der Waals surface area contributed by atoms with Gasteiger partial charge in [0.25, 0.3) is 0 Å². The zero-order chi connectivity index (χ0) is 13.2. The van der Waals surface area contributed by atoms with E-state index in [4.69, 9.17) is 0 Å². The third kappa shape index (κ3) is 3.95. The first kappa shape index (κ1) is 13.8. The van der Waals surface area contributed by atoms with Gasteiger partial charge < -0.3 is 10.2 Å². The molecule has 1 unspecified atom stereocenters. The molecule has 1 amide bonds. The molecule has 0 aliphatic carbocycles. The molecule has 6 heteroatoms. The number of hydrogen-bond donors (Lipinski definition) is 1. The van der Waals surface area contributed by atoms with Crippen LogP contribution in [-0.4, -0.2) is 56.9 Å². The highest BCUT2D eigenvalue weighted by Crippen LogP contribution is 2.21. The molecule has 1 N–H and O–H groups in total. The van der Waals surface area contributed by atoms with Crippen molar-refractivity contribution in [2.45, 2.75) is 31.7 Å². The Morgan fingerprint density at radius 1 is 1.28 bits per heavy atom. The van der Waals surface area contributed by atoms with Crippen LogP contribution in [0.5, 0.6) is 0 Å². The van der Waals surface area contributed by atoms with Crippen LogP contribution in [0.2, 0.25) is 0 Å². The quantitative estimate of drug-likeness (QED) is 0.788. The van der Waals surface area contributed by atoms with Gasteiger partial charge in [0.1, 0.15) is 0 Å². The van der Waals surface area contributed by atoms with E-state index >= 15 is 0 Å². The Morgan fingerprint density at radius 3 is 2.50 bits per heavy atom. The molecule has 5 nitrogen and oxygen atoms in total. The van der Waals surface area contributed by atoms with Crippen LogP contribution in [0.25, 0.3) is 0 Å². The average molecular weight is 274 g/mol. The highest BCUT2D eigenvalue weighted by Gasteiger charge is 2.30. The number of carbonyl (C=O) groups is 1. The highest BCUT2D eigenvalue weighted by molar-refractivity contribution is 7.91. The summed E-state index contributed by atoms with van der Waals surface area (Å²) < 4.78 is 22.6. The molecule has 104 valence electrons. The van der Waals surface area contributed by atoms with E-state index in [1.807, 2.05) is 0 Å². The first-order valence-electron chi connectivity index (χ1n) is 6.63. The molecule has 2 aliphatic heterocycles. The molecule has 2 rings (SSSR count). The summed E-state index contributed by atoms with van der Waals surface area (Å²) >= 11 is 0.